The molecule has 1 aliphatic heterocycles. The minimum absolute atomic E-state index is 0.0302. The second-order valence-electron chi connectivity index (χ2n) is 5.76. The van der Waals surface area contributed by atoms with E-state index in [0.717, 1.165) is 5.56 Å². The number of aromatic nitrogens is 3. The zero-order valence-electron chi connectivity index (χ0n) is 13.2. The number of pyridine rings is 1. The Bertz CT molecular complexity index is 696. The molecule has 2 aromatic rings. The average Bonchev–Trinajstić information content (AvgIpc) is 2.77. The van der Waals surface area contributed by atoms with Gasteiger partial charge in [-0.1, -0.05) is 6.07 Å². The first-order chi connectivity index (χ1) is 11.6. The van der Waals surface area contributed by atoms with Crippen molar-refractivity contribution >= 4 is 17.7 Å². The lowest BCUT2D eigenvalue weighted by atomic mass is 10.2. The van der Waals surface area contributed by atoms with Crippen molar-refractivity contribution < 1.29 is 9.90 Å². The summed E-state index contributed by atoms with van der Waals surface area (Å²) >= 11 is 0. The molecule has 2 aromatic heterocycles. The van der Waals surface area contributed by atoms with Gasteiger partial charge in [-0.15, -0.1) is 0 Å². The molecule has 1 aliphatic rings. The van der Waals surface area contributed by atoms with Crippen LogP contribution >= 0.6 is 0 Å². The van der Waals surface area contributed by atoms with Gasteiger partial charge in [0.15, 0.2) is 0 Å². The zero-order chi connectivity index (χ0) is 16.9. The molecule has 0 aliphatic carbocycles. The van der Waals surface area contributed by atoms with Crippen LogP contribution in [0.2, 0.25) is 0 Å². The summed E-state index contributed by atoms with van der Waals surface area (Å²) in [5.74, 6) is 0.816. The van der Waals surface area contributed by atoms with E-state index in [4.69, 9.17) is 5.73 Å². The van der Waals surface area contributed by atoms with Crippen LogP contribution in [-0.2, 0) is 11.2 Å². The molecule has 0 aromatic carbocycles. The number of carbonyl (C=O) groups is 1. The Kier molecular flexibility index (Phi) is 4.85. The molecule has 1 atom stereocenters. The lowest BCUT2D eigenvalue weighted by Crippen LogP contribution is -2.38. The number of aliphatic hydroxyl groups is 1. The predicted molar refractivity (Wildman–Crippen MR) is 89.2 cm³/mol. The van der Waals surface area contributed by atoms with Gasteiger partial charge in [0.1, 0.15) is 5.82 Å². The second-order valence-corrected chi connectivity index (χ2v) is 5.76. The van der Waals surface area contributed by atoms with Crippen molar-refractivity contribution in [2.24, 2.45) is 0 Å². The quantitative estimate of drug-likeness (QED) is 0.796. The van der Waals surface area contributed by atoms with Gasteiger partial charge in [0.2, 0.25) is 11.9 Å². The van der Waals surface area contributed by atoms with E-state index in [1.807, 2.05) is 11.0 Å². The van der Waals surface area contributed by atoms with Crippen molar-refractivity contribution in [2.45, 2.75) is 12.5 Å². The summed E-state index contributed by atoms with van der Waals surface area (Å²) in [4.78, 5) is 28.4. The molecule has 0 unspecified atom stereocenters. The molecule has 3 heterocycles. The summed E-state index contributed by atoms with van der Waals surface area (Å²) < 4.78 is 0. The number of aliphatic hydroxyl groups excluding tert-OH is 1. The lowest BCUT2D eigenvalue weighted by molar-refractivity contribution is -0.131. The molecule has 0 spiro atoms. The number of hydrogen-bond donors (Lipinski definition) is 2. The summed E-state index contributed by atoms with van der Waals surface area (Å²) in [7, 11) is 0. The normalized spacial score (nSPS) is 18.3. The number of nitrogens with zero attached hydrogens (tertiary/aromatic N) is 5. The van der Waals surface area contributed by atoms with E-state index >= 15 is 0 Å². The summed E-state index contributed by atoms with van der Waals surface area (Å²) in [6.45, 7) is 1.69. The number of nitrogen functional groups attached to an aromatic ring is 1. The highest BCUT2D eigenvalue weighted by Crippen LogP contribution is 2.13. The van der Waals surface area contributed by atoms with E-state index in [-0.39, 0.29) is 18.9 Å². The van der Waals surface area contributed by atoms with E-state index in [9.17, 15) is 9.90 Å². The summed E-state index contributed by atoms with van der Waals surface area (Å²) in [6.07, 6.45) is 4.54. The standard InChI is InChI=1S/C16H20N6O2/c17-14-3-5-19-16(20-14)22-7-6-21(10-13(23)11-22)15(24)8-12-2-1-4-18-9-12/h1-5,9,13,23H,6-8,10-11H2,(H2,17,19,20)/t13-/m1/s1. The molecule has 1 fully saturated rings. The van der Waals surface area contributed by atoms with E-state index in [2.05, 4.69) is 15.0 Å². The van der Waals surface area contributed by atoms with Crippen LogP contribution < -0.4 is 10.6 Å². The van der Waals surface area contributed by atoms with Gasteiger partial charge in [-0.05, 0) is 17.7 Å². The maximum Gasteiger partial charge on any atom is 0.227 e. The molecule has 3 rings (SSSR count). The van der Waals surface area contributed by atoms with Crippen molar-refractivity contribution in [1.82, 2.24) is 19.9 Å². The van der Waals surface area contributed by atoms with Gasteiger partial charge in [0.25, 0.3) is 0 Å². The largest absolute Gasteiger partial charge is 0.389 e. The van der Waals surface area contributed by atoms with E-state index in [1.165, 1.54) is 0 Å². The lowest BCUT2D eigenvalue weighted by Gasteiger charge is -2.22. The molecular formula is C16H20N6O2. The van der Waals surface area contributed by atoms with Crippen molar-refractivity contribution in [3.63, 3.8) is 0 Å². The van der Waals surface area contributed by atoms with Crippen LogP contribution in [0.15, 0.2) is 36.8 Å². The average molecular weight is 328 g/mol. The van der Waals surface area contributed by atoms with Gasteiger partial charge in [-0.3, -0.25) is 9.78 Å². The third-order valence-corrected chi connectivity index (χ3v) is 3.88. The Morgan fingerprint density at radius 3 is 2.92 bits per heavy atom. The second kappa shape index (κ2) is 7.22. The predicted octanol–water partition coefficient (Wildman–Crippen LogP) is -0.294. The van der Waals surface area contributed by atoms with Crippen LogP contribution in [0, 0.1) is 0 Å². The zero-order valence-corrected chi connectivity index (χ0v) is 13.2. The highest BCUT2D eigenvalue weighted by molar-refractivity contribution is 5.78. The first-order valence-corrected chi connectivity index (χ1v) is 7.80. The summed E-state index contributed by atoms with van der Waals surface area (Å²) in [5.41, 5.74) is 6.55. The number of anilines is 2. The van der Waals surface area contributed by atoms with Gasteiger partial charge in [0, 0.05) is 44.8 Å². The van der Waals surface area contributed by atoms with Crippen LogP contribution in [0.5, 0.6) is 0 Å². The fourth-order valence-electron chi connectivity index (χ4n) is 2.70. The fraction of sp³-hybridized carbons (Fsp3) is 0.375. The first kappa shape index (κ1) is 16.1. The molecule has 8 heteroatoms. The minimum atomic E-state index is -0.671. The van der Waals surface area contributed by atoms with Crippen molar-refractivity contribution in [3.05, 3.63) is 42.4 Å². The van der Waals surface area contributed by atoms with Crippen molar-refractivity contribution in [2.75, 3.05) is 36.8 Å². The monoisotopic (exact) mass is 328 g/mol. The summed E-state index contributed by atoms with van der Waals surface area (Å²) in [5, 5.41) is 10.2. The molecule has 24 heavy (non-hydrogen) atoms. The van der Waals surface area contributed by atoms with Crippen LogP contribution in [0.4, 0.5) is 11.8 Å². The van der Waals surface area contributed by atoms with Gasteiger partial charge in [0.05, 0.1) is 12.5 Å². The van der Waals surface area contributed by atoms with Crippen molar-refractivity contribution in [3.8, 4) is 0 Å². The minimum Gasteiger partial charge on any atom is -0.389 e. The molecule has 0 radical (unpaired) electrons. The van der Waals surface area contributed by atoms with Gasteiger partial charge in [-0.2, -0.15) is 4.98 Å². The Morgan fingerprint density at radius 1 is 1.29 bits per heavy atom. The maximum absolute atomic E-state index is 12.5. The van der Waals surface area contributed by atoms with Gasteiger partial charge in [-0.25, -0.2) is 4.98 Å². The molecule has 1 saturated heterocycles. The molecule has 0 bridgehead atoms. The third-order valence-electron chi connectivity index (χ3n) is 3.88. The molecule has 3 N–H and O–H groups in total. The van der Waals surface area contributed by atoms with E-state index in [1.54, 1.807) is 35.6 Å². The Balaban J connectivity index is 1.67. The number of rotatable bonds is 3. The maximum atomic E-state index is 12.5. The Hall–Kier alpha value is -2.74. The van der Waals surface area contributed by atoms with Gasteiger partial charge >= 0.3 is 0 Å². The number of amides is 1. The molecular weight excluding hydrogens is 308 g/mol. The first-order valence-electron chi connectivity index (χ1n) is 7.80. The van der Waals surface area contributed by atoms with Crippen LogP contribution in [0.1, 0.15) is 5.56 Å². The molecule has 0 saturated carbocycles. The fourth-order valence-corrected chi connectivity index (χ4v) is 2.70. The SMILES string of the molecule is Nc1ccnc(N2CCN(C(=O)Cc3cccnc3)C[C@@H](O)C2)n1. The van der Waals surface area contributed by atoms with Gasteiger partial charge < -0.3 is 20.6 Å². The number of β-amino-alcohol motifs (C(OH)–C–C–N with tert-alkyl or cyclic N) is 1. The van der Waals surface area contributed by atoms with E-state index in [0.29, 0.717) is 31.4 Å². The Morgan fingerprint density at radius 2 is 2.17 bits per heavy atom. The number of carbonyl (C=O) groups excluding carboxylic acids is 1. The van der Waals surface area contributed by atoms with Crippen LogP contribution in [0.3, 0.4) is 0 Å². The van der Waals surface area contributed by atoms with Crippen molar-refractivity contribution in [1.29, 1.82) is 0 Å². The summed E-state index contributed by atoms with van der Waals surface area (Å²) in [6, 6.07) is 5.28. The molecule has 1 amide bonds. The molecule has 126 valence electrons. The van der Waals surface area contributed by atoms with Crippen LogP contribution in [0.25, 0.3) is 0 Å². The topological polar surface area (TPSA) is 108 Å². The highest BCUT2D eigenvalue weighted by atomic mass is 16.3. The molecule has 8 nitrogen and oxygen atoms in total. The number of nitrogens with two attached hydrogens (primary N) is 1. The smallest absolute Gasteiger partial charge is 0.227 e. The highest BCUT2D eigenvalue weighted by Gasteiger charge is 2.25. The Labute approximate surface area is 140 Å². The van der Waals surface area contributed by atoms with Crippen LogP contribution in [-0.4, -0.2) is 63.1 Å². The number of hydrogen-bond acceptors (Lipinski definition) is 7. The van der Waals surface area contributed by atoms with E-state index < -0.39 is 6.10 Å². The third kappa shape index (κ3) is 3.96.